The van der Waals surface area contributed by atoms with E-state index in [9.17, 15) is 0 Å². The average Bonchev–Trinajstić information content (AvgIpc) is 2.84. The molecular formula is C21H20O. The number of fused-ring (bicyclic) bond motifs is 1. The zero-order valence-electron chi connectivity index (χ0n) is 13.0. The van der Waals surface area contributed by atoms with Crippen molar-refractivity contribution in [3.63, 3.8) is 0 Å². The van der Waals surface area contributed by atoms with Gasteiger partial charge in [-0.05, 0) is 23.1 Å². The topological polar surface area (TPSA) is 13.1 Å². The molecule has 0 aliphatic rings. The molecule has 0 saturated heterocycles. The van der Waals surface area contributed by atoms with Crippen LogP contribution in [0.4, 0.5) is 0 Å². The van der Waals surface area contributed by atoms with Gasteiger partial charge in [-0.2, -0.15) is 0 Å². The van der Waals surface area contributed by atoms with Gasteiger partial charge in [-0.3, -0.25) is 0 Å². The van der Waals surface area contributed by atoms with Crippen LogP contribution in [0.2, 0.25) is 0 Å². The van der Waals surface area contributed by atoms with Gasteiger partial charge in [0.2, 0.25) is 0 Å². The molecule has 0 fully saturated rings. The van der Waals surface area contributed by atoms with Gasteiger partial charge < -0.3 is 4.42 Å². The van der Waals surface area contributed by atoms with Gasteiger partial charge in [-0.1, -0.05) is 81.1 Å². The summed E-state index contributed by atoms with van der Waals surface area (Å²) in [5.41, 5.74) is 4.15. The second-order valence-electron chi connectivity index (χ2n) is 5.78. The minimum Gasteiger partial charge on any atom is -0.457 e. The van der Waals surface area contributed by atoms with Crippen molar-refractivity contribution >= 4 is 29.7 Å². The van der Waals surface area contributed by atoms with E-state index in [1.165, 1.54) is 11.1 Å². The van der Waals surface area contributed by atoms with Crippen LogP contribution in [0.15, 0.2) is 59.0 Å². The Labute approximate surface area is 130 Å². The first-order valence-corrected chi connectivity index (χ1v) is 7.60. The summed E-state index contributed by atoms with van der Waals surface area (Å²) in [6.07, 6.45) is 6.21. The van der Waals surface area contributed by atoms with E-state index in [0.717, 1.165) is 16.2 Å². The van der Waals surface area contributed by atoms with Crippen molar-refractivity contribution < 1.29 is 4.42 Å². The molecule has 1 aromatic heterocycles. The molecule has 0 radical (unpaired) electrons. The number of furan rings is 1. The van der Waals surface area contributed by atoms with Crippen LogP contribution in [0.3, 0.4) is 0 Å². The Balaban J connectivity index is 1.92. The molecule has 0 unspecified atom stereocenters. The third kappa shape index (κ3) is 2.89. The maximum Gasteiger partial charge on any atom is 0.135 e. The Morgan fingerprint density at radius 3 is 2.45 bits per heavy atom. The van der Waals surface area contributed by atoms with Crippen LogP contribution in [0.5, 0.6) is 0 Å². The van der Waals surface area contributed by atoms with E-state index in [1.807, 2.05) is 18.2 Å². The Bertz CT molecular complexity index is 909. The fourth-order valence-electron chi connectivity index (χ4n) is 2.55. The average molecular weight is 288 g/mol. The standard InChI is InChI=1S/C21H20O/c1-15(2)18-13-11-17(12-14-18)7-6-9-19-16(3)22-21-10-5-4-8-20(19)21/h4-15H,3H2,1-2H3/b7-6-,19-9+. The van der Waals surface area contributed by atoms with Gasteiger partial charge in [0.1, 0.15) is 11.0 Å². The molecule has 0 saturated carbocycles. The molecule has 3 rings (SSSR count). The van der Waals surface area contributed by atoms with Gasteiger partial charge in [0, 0.05) is 10.6 Å². The molecule has 0 spiro atoms. The maximum atomic E-state index is 5.67. The highest BCUT2D eigenvalue weighted by molar-refractivity contribution is 5.79. The molecule has 0 aliphatic carbocycles. The van der Waals surface area contributed by atoms with E-state index in [4.69, 9.17) is 4.42 Å². The Morgan fingerprint density at radius 2 is 1.73 bits per heavy atom. The number of rotatable bonds is 3. The highest BCUT2D eigenvalue weighted by Crippen LogP contribution is 2.15. The van der Waals surface area contributed by atoms with Crippen molar-refractivity contribution in [2.45, 2.75) is 19.8 Å². The SMILES string of the molecule is C=c1oc2ccccc2/c1=C/C=C\c1ccc(C(C)C)cc1. The van der Waals surface area contributed by atoms with Gasteiger partial charge >= 0.3 is 0 Å². The van der Waals surface area contributed by atoms with E-state index in [-0.39, 0.29) is 0 Å². The third-order valence-corrected chi connectivity index (χ3v) is 3.87. The fourth-order valence-corrected chi connectivity index (χ4v) is 2.55. The molecule has 22 heavy (non-hydrogen) atoms. The van der Waals surface area contributed by atoms with E-state index in [0.29, 0.717) is 11.3 Å². The Kier molecular flexibility index (Phi) is 3.97. The van der Waals surface area contributed by atoms with Crippen molar-refractivity contribution in [1.82, 2.24) is 0 Å². The lowest BCUT2D eigenvalue weighted by molar-refractivity contribution is 0.577. The van der Waals surface area contributed by atoms with Crippen LogP contribution in [0, 0.1) is 0 Å². The van der Waals surface area contributed by atoms with E-state index in [2.05, 4.69) is 69.0 Å². The molecule has 1 heterocycles. The first-order valence-electron chi connectivity index (χ1n) is 7.60. The number of allylic oxidation sites excluding steroid dienone is 1. The minimum absolute atomic E-state index is 0.565. The number of para-hydroxylation sites is 1. The predicted octanol–water partition coefficient (Wildman–Crippen LogP) is 4.46. The van der Waals surface area contributed by atoms with Crippen molar-refractivity contribution in [2.24, 2.45) is 0 Å². The summed E-state index contributed by atoms with van der Waals surface area (Å²) in [6, 6.07) is 16.7. The maximum absolute atomic E-state index is 5.67. The summed E-state index contributed by atoms with van der Waals surface area (Å²) in [4.78, 5) is 0. The van der Waals surface area contributed by atoms with E-state index < -0.39 is 0 Å². The summed E-state index contributed by atoms with van der Waals surface area (Å²) < 4.78 is 5.67. The second-order valence-corrected chi connectivity index (χ2v) is 5.78. The molecule has 2 aromatic carbocycles. The molecule has 1 nitrogen and oxygen atoms in total. The van der Waals surface area contributed by atoms with Crippen LogP contribution < -0.4 is 10.6 Å². The van der Waals surface area contributed by atoms with E-state index in [1.54, 1.807) is 0 Å². The lowest BCUT2D eigenvalue weighted by atomic mass is 10.0. The normalized spacial score (nSPS) is 12.8. The number of benzene rings is 2. The minimum atomic E-state index is 0.565. The number of hydrogen-bond acceptors (Lipinski definition) is 1. The Morgan fingerprint density at radius 1 is 1.00 bits per heavy atom. The smallest absolute Gasteiger partial charge is 0.135 e. The number of hydrogen-bond donors (Lipinski definition) is 0. The van der Waals surface area contributed by atoms with Crippen LogP contribution in [-0.2, 0) is 0 Å². The third-order valence-electron chi connectivity index (χ3n) is 3.87. The lowest BCUT2D eigenvalue weighted by Gasteiger charge is -2.04. The van der Waals surface area contributed by atoms with E-state index >= 15 is 0 Å². The first kappa shape index (κ1) is 14.4. The van der Waals surface area contributed by atoms with Gasteiger partial charge in [0.05, 0.1) is 0 Å². The zero-order valence-corrected chi connectivity index (χ0v) is 13.0. The molecule has 0 amide bonds. The quantitative estimate of drug-likeness (QED) is 0.693. The van der Waals surface area contributed by atoms with Crippen LogP contribution in [0.25, 0.3) is 29.7 Å². The monoisotopic (exact) mass is 288 g/mol. The lowest BCUT2D eigenvalue weighted by Crippen LogP contribution is -2.17. The van der Waals surface area contributed by atoms with Crippen LogP contribution in [0.1, 0.15) is 30.9 Å². The largest absolute Gasteiger partial charge is 0.457 e. The van der Waals surface area contributed by atoms with Crippen molar-refractivity contribution in [3.05, 3.63) is 76.4 Å². The molecule has 0 aliphatic heterocycles. The molecular weight excluding hydrogens is 268 g/mol. The molecule has 0 bridgehead atoms. The summed E-state index contributed by atoms with van der Waals surface area (Å²) in [7, 11) is 0. The molecule has 0 N–H and O–H groups in total. The Hall–Kier alpha value is -2.54. The predicted molar refractivity (Wildman–Crippen MR) is 95.0 cm³/mol. The van der Waals surface area contributed by atoms with Gasteiger partial charge in [-0.25, -0.2) is 0 Å². The molecule has 3 aromatic rings. The summed E-state index contributed by atoms with van der Waals surface area (Å²) in [6.45, 7) is 8.40. The van der Waals surface area contributed by atoms with Crippen molar-refractivity contribution in [2.75, 3.05) is 0 Å². The van der Waals surface area contributed by atoms with Crippen LogP contribution in [-0.4, -0.2) is 0 Å². The van der Waals surface area contributed by atoms with Crippen LogP contribution >= 0.6 is 0 Å². The fraction of sp³-hybridized carbons (Fsp3) is 0.143. The van der Waals surface area contributed by atoms with Gasteiger partial charge in [0.25, 0.3) is 0 Å². The van der Waals surface area contributed by atoms with Gasteiger partial charge in [0.15, 0.2) is 0 Å². The van der Waals surface area contributed by atoms with Gasteiger partial charge in [-0.15, -0.1) is 0 Å². The summed E-state index contributed by atoms with van der Waals surface area (Å²) in [5, 5.41) is 2.15. The first-order chi connectivity index (χ1) is 10.6. The molecule has 1 heteroatoms. The molecule has 0 atom stereocenters. The zero-order chi connectivity index (χ0) is 15.5. The summed E-state index contributed by atoms with van der Waals surface area (Å²) >= 11 is 0. The highest BCUT2D eigenvalue weighted by Gasteiger charge is 1.99. The summed E-state index contributed by atoms with van der Waals surface area (Å²) in [5.74, 6) is 0.565. The highest BCUT2D eigenvalue weighted by atomic mass is 16.3. The van der Waals surface area contributed by atoms with Crippen molar-refractivity contribution in [3.8, 4) is 0 Å². The second kappa shape index (κ2) is 6.07. The van der Waals surface area contributed by atoms with Crippen molar-refractivity contribution in [1.29, 1.82) is 0 Å². The molecule has 110 valence electrons.